The number of rotatable bonds is 3. The maximum absolute atomic E-state index is 12.6. The maximum Gasteiger partial charge on any atom is 0.247 e. The average Bonchev–Trinajstić information content (AvgIpc) is 2.51. The number of nitrogens with one attached hydrogen (secondary N) is 1. The fourth-order valence-electron chi connectivity index (χ4n) is 3.32. The van der Waals surface area contributed by atoms with Crippen molar-refractivity contribution in [3.63, 3.8) is 0 Å². The number of hydrogen-bond acceptors (Lipinski definition) is 3. The zero-order chi connectivity index (χ0) is 14.8. The van der Waals surface area contributed by atoms with Gasteiger partial charge in [0.15, 0.2) is 0 Å². The largest absolute Gasteiger partial charge is 0.342 e. The van der Waals surface area contributed by atoms with Gasteiger partial charge in [0.25, 0.3) is 0 Å². The fraction of sp³-hybridized carbons (Fsp3) is 0.867. The van der Waals surface area contributed by atoms with Crippen LogP contribution in [0.2, 0.25) is 0 Å². The molecule has 0 atom stereocenters. The molecule has 0 aromatic heterocycles. The molecule has 1 N–H and O–H groups in total. The Labute approximate surface area is 126 Å². The number of nitrogens with zero attached hydrogens (tertiary/aromatic N) is 1. The molecule has 2 rings (SSSR count). The van der Waals surface area contributed by atoms with E-state index in [4.69, 9.17) is 0 Å². The smallest absolute Gasteiger partial charge is 0.247 e. The first kappa shape index (κ1) is 15.7. The van der Waals surface area contributed by atoms with Crippen LogP contribution < -0.4 is 5.32 Å². The van der Waals surface area contributed by atoms with Gasteiger partial charge in [-0.2, -0.15) is 11.8 Å². The normalized spacial score (nSPS) is 26.1. The molecule has 2 fully saturated rings. The molecule has 1 aliphatic carbocycles. The summed E-state index contributed by atoms with van der Waals surface area (Å²) in [4.78, 5) is 26.3. The van der Waals surface area contributed by atoms with Crippen molar-refractivity contribution in [2.24, 2.45) is 0 Å². The van der Waals surface area contributed by atoms with E-state index in [1.165, 1.54) is 32.1 Å². The lowest BCUT2D eigenvalue weighted by Gasteiger charge is -2.41. The van der Waals surface area contributed by atoms with E-state index >= 15 is 0 Å². The Morgan fingerprint density at radius 1 is 1.20 bits per heavy atom. The number of carbonyl (C=O) groups excluding carboxylic acids is 2. The molecule has 114 valence electrons. The lowest BCUT2D eigenvalue weighted by atomic mass is 9.87. The second-order valence-corrected chi connectivity index (χ2v) is 7.87. The van der Waals surface area contributed by atoms with Gasteiger partial charge in [-0.15, -0.1) is 0 Å². The predicted molar refractivity (Wildman–Crippen MR) is 82.7 cm³/mol. The molecule has 5 heteroatoms. The van der Waals surface area contributed by atoms with Crippen LogP contribution in [-0.2, 0) is 9.59 Å². The monoisotopic (exact) mass is 298 g/mol. The molecule has 0 aromatic rings. The summed E-state index contributed by atoms with van der Waals surface area (Å²) >= 11 is 1.90. The van der Waals surface area contributed by atoms with Gasteiger partial charge in [-0.3, -0.25) is 9.59 Å². The summed E-state index contributed by atoms with van der Waals surface area (Å²) in [5, 5.41) is 2.83. The van der Waals surface area contributed by atoms with Crippen molar-refractivity contribution in [3.8, 4) is 0 Å². The third-order valence-electron chi connectivity index (χ3n) is 4.56. The van der Waals surface area contributed by atoms with E-state index in [2.05, 4.69) is 11.6 Å². The summed E-state index contributed by atoms with van der Waals surface area (Å²) < 4.78 is 0.192. The van der Waals surface area contributed by atoms with Gasteiger partial charge in [0, 0.05) is 24.3 Å². The topological polar surface area (TPSA) is 49.4 Å². The van der Waals surface area contributed by atoms with Crippen molar-refractivity contribution in [1.29, 1.82) is 0 Å². The third-order valence-corrected chi connectivity index (χ3v) is 5.96. The van der Waals surface area contributed by atoms with Crippen LogP contribution in [-0.4, -0.2) is 46.3 Å². The first-order chi connectivity index (χ1) is 9.38. The average molecular weight is 298 g/mol. The molecular formula is C15H26N2O2S. The third kappa shape index (κ3) is 3.30. The summed E-state index contributed by atoms with van der Waals surface area (Å²) in [7, 11) is 0. The standard InChI is InChI=1S/C15H26N2O2S/c1-14(2)13(19)17(10-7-12(18)16-14)11-15(20-3)8-5-4-6-9-15/h4-11H2,1-3H3,(H,16,18). The number of hydrogen-bond donors (Lipinski definition) is 1. The molecule has 1 saturated carbocycles. The first-order valence-electron chi connectivity index (χ1n) is 7.54. The molecule has 0 bridgehead atoms. The molecule has 2 amide bonds. The minimum absolute atomic E-state index is 0.0207. The van der Waals surface area contributed by atoms with E-state index in [9.17, 15) is 9.59 Å². The molecule has 2 aliphatic rings. The first-order valence-corrected chi connectivity index (χ1v) is 8.77. The van der Waals surface area contributed by atoms with Gasteiger partial charge in [-0.1, -0.05) is 19.3 Å². The van der Waals surface area contributed by atoms with Crippen LogP contribution in [0.15, 0.2) is 0 Å². The molecule has 0 spiro atoms. The van der Waals surface area contributed by atoms with E-state index < -0.39 is 5.54 Å². The lowest BCUT2D eigenvalue weighted by molar-refractivity contribution is -0.137. The van der Waals surface area contributed by atoms with Crippen LogP contribution in [0.5, 0.6) is 0 Å². The van der Waals surface area contributed by atoms with Gasteiger partial charge in [0.2, 0.25) is 11.8 Å². The molecule has 0 aromatic carbocycles. The second-order valence-electron chi connectivity index (χ2n) is 6.60. The highest BCUT2D eigenvalue weighted by Crippen LogP contribution is 2.39. The zero-order valence-corrected chi connectivity index (χ0v) is 13.6. The van der Waals surface area contributed by atoms with Gasteiger partial charge >= 0.3 is 0 Å². The van der Waals surface area contributed by atoms with Crippen molar-refractivity contribution in [1.82, 2.24) is 10.2 Å². The molecule has 1 saturated heterocycles. The highest BCUT2D eigenvalue weighted by Gasteiger charge is 2.41. The van der Waals surface area contributed by atoms with E-state index in [0.29, 0.717) is 13.0 Å². The summed E-state index contributed by atoms with van der Waals surface area (Å²) in [6.45, 7) is 4.94. The van der Waals surface area contributed by atoms with Crippen molar-refractivity contribution in [2.75, 3.05) is 19.3 Å². The van der Waals surface area contributed by atoms with Crippen LogP contribution in [0.25, 0.3) is 0 Å². The van der Waals surface area contributed by atoms with E-state index in [1.807, 2.05) is 16.7 Å². The summed E-state index contributed by atoms with van der Waals surface area (Å²) in [5.74, 6) is 0.0371. The maximum atomic E-state index is 12.6. The Bertz CT molecular complexity index is 389. The van der Waals surface area contributed by atoms with Gasteiger partial charge in [0.05, 0.1) is 0 Å². The van der Waals surface area contributed by atoms with Crippen molar-refractivity contribution >= 4 is 23.6 Å². The second kappa shape index (κ2) is 5.96. The fourth-order valence-corrected chi connectivity index (χ4v) is 4.30. The Kier molecular flexibility index (Phi) is 4.67. The van der Waals surface area contributed by atoms with Gasteiger partial charge in [-0.05, 0) is 32.9 Å². The highest BCUT2D eigenvalue weighted by molar-refractivity contribution is 8.00. The van der Waals surface area contributed by atoms with Crippen LogP contribution in [0.1, 0.15) is 52.4 Å². The summed E-state index contributed by atoms with van der Waals surface area (Å²) in [5.41, 5.74) is -0.776. The van der Waals surface area contributed by atoms with Crippen LogP contribution >= 0.6 is 11.8 Å². The van der Waals surface area contributed by atoms with Gasteiger partial charge in [0.1, 0.15) is 5.54 Å². The molecule has 0 radical (unpaired) electrons. The van der Waals surface area contributed by atoms with Gasteiger partial charge < -0.3 is 10.2 Å². The van der Waals surface area contributed by atoms with E-state index in [1.54, 1.807) is 13.8 Å². The van der Waals surface area contributed by atoms with Crippen LogP contribution in [0.3, 0.4) is 0 Å². The molecule has 1 aliphatic heterocycles. The Hall–Kier alpha value is -0.710. The molecule has 4 nitrogen and oxygen atoms in total. The molecular weight excluding hydrogens is 272 g/mol. The molecule has 20 heavy (non-hydrogen) atoms. The van der Waals surface area contributed by atoms with Crippen molar-refractivity contribution in [3.05, 3.63) is 0 Å². The van der Waals surface area contributed by atoms with E-state index in [0.717, 1.165) is 6.54 Å². The zero-order valence-electron chi connectivity index (χ0n) is 12.8. The highest BCUT2D eigenvalue weighted by atomic mass is 32.2. The predicted octanol–water partition coefficient (Wildman–Crippen LogP) is 2.18. The molecule has 0 unspecified atom stereocenters. The van der Waals surface area contributed by atoms with Gasteiger partial charge in [-0.25, -0.2) is 0 Å². The summed E-state index contributed by atoms with van der Waals surface area (Å²) in [6.07, 6.45) is 8.75. The quantitative estimate of drug-likeness (QED) is 0.869. The van der Waals surface area contributed by atoms with Crippen molar-refractivity contribution in [2.45, 2.75) is 62.7 Å². The molecule has 1 heterocycles. The van der Waals surface area contributed by atoms with Crippen LogP contribution in [0, 0.1) is 0 Å². The Balaban J connectivity index is 2.13. The Morgan fingerprint density at radius 2 is 1.85 bits per heavy atom. The minimum Gasteiger partial charge on any atom is -0.342 e. The SMILES string of the molecule is CSC1(CN2CCC(=O)NC(C)(C)C2=O)CCCCC1. The number of thioether (sulfide) groups is 1. The Morgan fingerprint density at radius 3 is 2.45 bits per heavy atom. The van der Waals surface area contributed by atoms with Crippen LogP contribution in [0.4, 0.5) is 0 Å². The number of amides is 2. The number of carbonyl (C=O) groups is 2. The van der Waals surface area contributed by atoms with E-state index in [-0.39, 0.29) is 16.6 Å². The lowest BCUT2D eigenvalue weighted by Crippen LogP contribution is -2.55. The van der Waals surface area contributed by atoms with Crippen molar-refractivity contribution < 1.29 is 9.59 Å². The summed E-state index contributed by atoms with van der Waals surface area (Å²) in [6, 6.07) is 0. The minimum atomic E-state index is -0.776.